The molecule has 0 atom stereocenters. The lowest BCUT2D eigenvalue weighted by molar-refractivity contribution is 0.190. The summed E-state index contributed by atoms with van der Waals surface area (Å²) in [6.45, 7) is 4.58. The minimum atomic E-state index is 0.774. The second-order valence-electron chi connectivity index (χ2n) is 4.35. The van der Waals surface area contributed by atoms with Crippen LogP contribution in [-0.4, -0.2) is 34.8 Å². The number of nitrogens with one attached hydrogen (secondary N) is 1. The molecule has 0 amide bonds. The highest BCUT2D eigenvalue weighted by atomic mass is 32.1. The summed E-state index contributed by atoms with van der Waals surface area (Å²) in [4.78, 5) is 8.77. The van der Waals surface area contributed by atoms with Gasteiger partial charge in [-0.2, -0.15) is 0 Å². The summed E-state index contributed by atoms with van der Waals surface area (Å²) in [5.74, 6) is 0.921. The van der Waals surface area contributed by atoms with Crippen molar-refractivity contribution in [3.63, 3.8) is 0 Å². The van der Waals surface area contributed by atoms with Crippen molar-refractivity contribution in [2.24, 2.45) is 0 Å². The van der Waals surface area contributed by atoms with Crippen LogP contribution in [0.3, 0.4) is 0 Å². The van der Waals surface area contributed by atoms with E-state index >= 15 is 0 Å². The number of rotatable bonds is 8. The topological polar surface area (TPSA) is 52.0 Å². The van der Waals surface area contributed by atoms with Gasteiger partial charge in [0.05, 0.1) is 5.01 Å². The fraction of sp³-hybridized carbons (Fsp3) is 0.538. The lowest BCUT2D eigenvalue weighted by Crippen LogP contribution is -2.11. The first-order chi connectivity index (χ1) is 9.29. The van der Waals surface area contributed by atoms with Gasteiger partial charge in [-0.05, 0) is 13.3 Å². The van der Waals surface area contributed by atoms with Crippen LogP contribution in [0.5, 0.6) is 0 Å². The second-order valence-corrected chi connectivity index (χ2v) is 5.29. The average Bonchev–Trinajstić information content (AvgIpc) is 3.00. The quantitative estimate of drug-likeness (QED) is 0.754. The van der Waals surface area contributed by atoms with Crippen molar-refractivity contribution in [2.75, 3.05) is 25.6 Å². The zero-order valence-corrected chi connectivity index (χ0v) is 12.2. The molecule has 19 heavy (non-hydrogen) atoms. The number of methoxy groups -OCH3 is 1. The number of anilines is 1. The molecule has 0 unspecified atom stereocenters. The molecule has 0 aliphatic carbocycles. The number of thiazole rings is 1. The Morgan fingerprint density at radius 2 is 2.37 bits per heavy atom. The van der Waals surface area contributed by atoms with E-state index in [9.17, 15) is 0 Å². The Hall–Kier alpha value is -1.40. The van der Waals surface area contributed by atoms with Crippen LogP contribution in [0.4, 0.5) is 5.95 Å². The van der Waals surface area contributed by atoms with E-state index in [0.29, 0.717) is 0 Å². The Balaban J connectivity index is 1.77. The molecule has 0 radical (unpaired) electrons. The first-order valence-electron chi connectivity index (χ1n) is 6.44. The van der Waals surface area contributed by atoms with Gasteiger partial charge in [-0.3, -0.25) is 0 Å². The predicted molar refractivity (Wildman–Crippen MR) is 77.8 cm³/mol. The smallest absolute Gasteiger partial charge is 0.202 e. The monoisotopic (exact) mass is 280 g/mol. The summed E-state index contributed by atoms with van der Waals surface area (Å²) in [5.41, 5.74) is 1.10. The van der Waals surface area contributed by atoms with E-state index in [1.165, 1.54) is 5.01 Å². The molecule has 6 heteroatoms. The van der Waals surface area contributed by atoms with Crippen molar-refractivity contribution >= 4 is 17.3 Å². The minimum Gasteiger partial charge on any atom is -0.385 e. The molecule has 0 bridgehead atoms. The Kier molecular flexibility index (Phi) is 5.35. The van der Waals surface area contributed by atoms with Crippen LogP contribution >= 0.6 is 11.3 Å². The van der Waals surface area contributed by atoms with E-state index in [1.807, 2.05) is 19.3 Å². The van der Waals surface area contributed by atoms with Crippen LogP contribution in [0.25, 0.3) is 0 Å². The summed E-state index contributed by atoms with van der Waals surface area (Å²) in [6.07, 6.45) is 5.74. The Morgan fingerprint density at radius 3 is 3.11 bits per heavy atom. The van der Waals surface area contributed by atoms with Crippen molar-refractivity contribution in [3.05, 3.63) is 28.5 Å². The summed E-state index contributed by atoms with van der Waals surface area (Å²) in [6, 6.07) is 0. The molecule has 2 aromatic rings. The number of nitrogens with zero attached hydrogens (tertiary/aromatic N) is 3. The molecular formula is C13H20N4OS. The summed E-state index contributed by atoms with van der Waals surface area (Å²) >= 11 is 1.71. The highest BCUT2D eigenvalue weighted by molar-refractivity contribution is 7.09. The Bertz CT molecular complexity index is 494. The largest absolute Gasteiger partial charge is 0.385 e. The molecule has 0 aliphatic heterocycles. The van der Waals surface area contributed by atoms with Gasteiger partial charge < -0.3 is 14.6 Å². The third-order valence-electron chi connectivity index (χ3n) is 2.75. The van der Waals surface area contributed by atoms with Crippen molar-refractivity contribution in [1.82, 2.24) is 14.5 Å². The average molecular weight is 280 g/mol. The molecule has 2 rings (SSSR count). The van der Waals surface area contributed by atoms with Crippen LogP contribution < -0.4 is 5.32 Å². The van der Waals surface area contributed by atoms with E-state index in [0.717, 1.165) is 44.2 Å². The van der Waals surface area contributed by atoms with Gasteiger partial charge in [0.2, 0.25) is 5.95 Å². The van der Waals surface area contributed by atoms with E-state index in [1.54, 1.807) is 18.4 Å². The van der Waals surface area contributed by atoms with Crippen molar-refractivity contribution in [2.45, 2.75) is 26.3 Å². The maximum atomic E-state index is 5.06. The molecule has 0 fully saturated rings. The van der Waals surface area contributed by atoms with E-state index in [4.69, 9.17) is 4.74 Å². The SMILES string of the molecule is COCCCn1ccnc1NCCc1nc(C)cs1. The normalized spacial score (nSPS) is 10.8. The van der Waals surface area contributed by atoms with Gasteiger partial charge in [-0.25, -0.2) is 9.97 Å². The molecular weight excluding hydrogens is 260 g/mol. The first kappa shape index (κ1) is 14.0. The van der Waals surface area contributed by atoms with E-state index in [-0.39, 0.29) is 0 Å². The Labute approximate surface area is 117 Å². The molecule has 0 saturated heterocycles. The molecule has 2 aromatic heterocycles. The van der Waals surface area contributed by atoms with Crippen molar-refractivity contribution in [1.29, 1.82) is 0 Å². The van der Waals surface area contributed by atoms with Crippen LogP contribution in [0, 0.1) is 6.92 Å². The van der Waals surface area contributed by atoms with Gasteiger partial charge in [0, 0.05) is 56.7 Å². The number of aromatic nitrogens is 3. The van der Waals surface area contributed by atoms with Gasteiger partial charge in [-0.15, -0.1) is 11.3 Å². The number of hydrogen-bond donors (Lipinski definition) is 1. The van der Waals surface area contributed by atoms with E-state index < -0.39 is 0 Å². The zero-order valence-electron chi connectivity index (χ0n) is 11.4. The van der Waals surface area contributed by atoms with Gasteiger partial charge in [0.15, 0.2) is 0 Å². The highest BCUT2D eigenvalue weighted by Gasteiger charge is 2.03. The second kappa shape index (κ2) is 7.25. The standard InChI is InChI=1S/C13H20N4OS/c1-11-10-19-12(16-11)4-5-14-13-15-6-8-17(13)7-3-9-18-2/h6,8,10H,3-5,7,9H2,1-2H3,(H,14,15). The molecule has 1 N–H and O–H groups in total. The number of ether oxygens (including phenoxy) is 1. The molecule has 0 saturated carbocycles. The lowest BCUT2D eigenvalue weighted by Gasteiger charge is -2.08. The maximum absolute atomic E-state index is 5.06. The van der Waals surface area contributed by atoms with Crippen molar-refractivity contribution in [3.8, 4) is 0 Å². The van der Waals surface area contributed by atoms with Crippen molar-refractivity contribution < 1.29 is 4.74 Å². The fourth-order valence-electron chi connectivity index (χ4n) is 1.83. The minimum absolute atomic E-state index is 0.774. The molecule has 2 heterocycles. The third-order valence-corrected chi connectivity index (χ3v) is 3.78. The van der Waals surface area contributed by atoms with Gasteiger partial charge in [-0.1, -0.05) is 0 Å². The number of hydrogen-bond acceptors (Lipinski definition) is 5. The lowest BCUT2D eigenvalue weighted by atomic mass is 10.4. The highest BCUT2D eigenvalue weighted by Crippen LogP contribution is 2.10. The summed E-state index contributed by atoms with van der Waals surface area (Å²) in [5, 5.41) is 6.61. The van der Waals surface area contributed by atoms with Crippen LogP contribution in [0.2, 0.25) is 0 Å². The van der Waals surface area contributed by atoms with E-state index in [2.05, 4.69) is 25.2 Å². The molecule has 5 nitrogen and oxygen atoms in total. The molecule has 0 aliphatic rings. The van der Waals surface area contributed by atoms with Gasteiger partial charge >= 0.3 is 0 Å². The summed E-state index contributed by atoms with van der Waals surface area (Å²) in [7, 11) is 1.73. The summed E-state index contributed by atoms with van der Waals surface area (Å²) < 4.78 is 7.18. The third kappa shape index (κ3) is 4.33. The maximum Gasteiger partial charge on any atom is 0.202 e. The van der Waals surface area contributed by atoms with Crippen LogP contribution in [-0.2, 0) is 17.7 Å². The van der Waals surface area contributed by atoms with Crippen LogP contribution in [0.1, 0.15) is 17.1 Å². The zero-order chi connectivity index (χ0) is 13.5. The Morgan fingerprint density at radius 1 is 1.47 bits per heavy atom. The number of imidazole rings is 1. The van der Waals surface area contributed by atoms with Gasteiger partial charge in [0.25, 0.3) is 0 Å². The molecule has 104 valence electrons. The first-order valence-corrected chi connectivity index (χ1v) is 7.32. The van der Waals surface area contributed by atoms with Crippen LogP contribution in [0.15, 0.2) is 17.8 Å². The fourth-order valence-corrected chi connectivity index (χ4v) is 2.61. The molecule has 0 aromatic carbocycles. The van der Waals surface area contributed by atoms with Gasteiger partial charge in [0.1, 0.15) is 0 Å². The molecule has 0 spiro atoms. The number of aryl methyl sites for hydroxylation is 2. The predicted octanol–water partition coefficient (Wildman–Crippen LogP) is 2.34.